The van der Waals surface area contributed by atoms with Crippen LogP contribution in [-0.2, 0) is 0 Å². The number of nitrogens with one attached hydrogen (secondary N) is 3. The SMILES string of the molecule is CC(CCO)Nc1ccc([N+](=O)[O-])c(Nc2ccc3cn[nH]c3c2)n1. The van der Waals surface area contributed by atoms with Crippen molar-refractivity contribution < 1.29 is 10.0 Å². The fourth-order valence-corrected chi connectivity index (χ4v) is 2.44. The summed E-state index contributed by atoms with van der Waals surface area (Å²) in [6, 6.07) is 8.42. The fourth-order valence-electron chi connectivity index (χ4n) is 2.44. The van der Waals surface area contributed by atoms with Crippen LogP contribution in [0, 0.1) is 10.1 Å². The molecule has 3 rings (SSSR count). The second kappa shape index (κ2) is 7.14. The number of aromatic nitrogens is 3. The van der Waals surface area contributed by atoms with E-state index in [0.717, 1.165) is 10.9 Å². The second-order valence-electron chi connectivity index (χ2n) is 5.68. The minimum Gasteiger partial charge on any atom is -0.396 e. The molecule has 0 aliphatic carbocycles. The number of rotatable bonds is 7. The summed E-state index contributed by atoms with van der Waals surface area (Å²) in [6.07, 6.45) is 2.25. The molecular formula is C16H18N6O3. The first kappa shape index (κ1) is 16.7. The van der Waals surface area contributed by atoms with Crippen molar-refractivity contribution in [2.75, 3.05) is 17.2 Å². The van der Waals surface area contributed by atoms with E-state index >= 15 is 0 Å². The number of fused-ring (bicyclic) bond motifs is 1. The van der Waals surface area contributed by atoms with Gasteiger partial charge in [0.05, 0.1) is 16.6 Å². The smallest absolute Gasteiger partial charge is 0.311 e. The summed E-state index contributed by atoms with van der Waals surface area (Å²) in [5, 5.41) is 34.1. The summed E-state index contributed by atoms with van der Waals surface area (Å²) >= 11 is 0. The van der Waals surface area contributed by atoms with Gasteiger partial charge in [-0.1, -0.05) is 0 Å². The van der Waals surface area contributed by atoms with E-state index in [2.05, 4.69) is 25.8 Å². The van der Waals surface area contributed by atoms with Gasteiger partial charge in [-0.3, -0.25) is 15.2 Å². The number of aromatic amines is 1. The Labute approximate surface area is 143 Å². The minimum atomic E-state index is -0.481. The summed E-state index contributed by atoms with van der Waals surface area (Å²) in [7, 11) is 0. The molecule has 3 aromatic rings. The Hall–Kier alpha value is -3.20. The van der Waals surface area contributed by atoms with Crippen LogP contribution in [0.3, 0.4) is 0 Å². The Morgan fingerprint density at radius 2 is 2.20 bits per heavy atom. The molecular weight excluding hydrogens is 324 g/mol. The van der Waals surface area contributed by atoms with Gasteiger partial charge in [-0.2, -0.15) is 5.10 Å². The molecule has 0 saturated carbocycles. The standard InChI is InChI=1S/C16H18N6O3/c1-10(6-7-23)18-15-5-4-14(22(24)25)16(20-15)19-12-3-2-11-9-17-21-13(11)8-12/h2-5,8-10,23H,6-7H2,1H3,(H,17,21)(H2,18,19,20). The molecule has 9 nitrogen and oxygen atoms in total. The number of H-pyrrole nitrogens is 1. The number of nitrogens with zero attached hydrogens (tertiary/aromatic N) is 3. The Morgan fingerprint density at radius 1 is 1.36 bits per heavy atom. The molecule has 0 saturated heterocycles. The zero-order chi connectivity index (χ0) is 17.8. The van der Waals surface area contributed by atoms with Crippen LogP contribution in [-0.4, -0.2) is 37.9 Å². The van der Waals surface area contributed by atoms with Gasteiger partial charge in [-0.05, 0) is 37.6 Å². The van der Waals surface area contributed by atoms with Crippen molar-refractivity contribution in [3.8, 4) is 0 Å². The molecule has 0 aliphatic heterocycles. The predicted molar refractivity (Wildman–Crippen MR) is 95.1 cm³/mol. The lowest BCUT2D eigenvalue weighted by Gasteiger charge is -2.14. The number of hydrogen-bond acceptors (Lipinski definition) is 7. The monoisotopic (exact) mass is 342 g/mol. The molecule has 25 heavy (non-hydrogen) atoms. The van der Waals surface area contributed by atoms with Crippen LogP contribution < -0.4 is 10.6 Å². The first-order chi connectivity index (χ1) is 12.1. The zero-order valence-electron chi connectivity index (χ0n) is 13.6. The molecule has 0 amide bonds. The molecule has 2 heterocycles. The minimum absolute atomic E-state index is 0.00634. The number of hydrogen-bond donors (Lipinski definition) is 4. The average molecular weight is 342 g/mol. The number of anilines is 3. The molecule has 0 bridgehead atoms. The van der Waals surface area contributed by atoms with Crippen molar-refractivity contribution in [2.24, 2.45) is 0 Å². The highest BCUT2D eigenvalue weighted by atomic mass is 16.6. The third kappa shape index (κ3) is 3.83. The first-order valence-corrected chi connectivity index (χ1v) is 7.80. The Kier molecular flexibility index (Phi) is 4.75. The van der Waals surface area contributed by atoms with Crippen LogP contribution in [0.4, 0.5) is 23.0 Å². The van der Waals surface area contributed by atoms with E-state index < -0.39 is 4.92 Å². The second-order valence-corrected chi connectivity index (χ2v) is 5.68. The number of aliphatic hydroxyl groups excluding tert-OH is 1. The largest absolute Gasteiger partial charge is 0.396 e. The van der Waals surface area contributed by atoms with Crippen molar-refractivity contribution in [3.63, 3.8) is 0 Å². The lowest BCUT2D eigenvalue weighted by Crippen LogP contribution is -2.17. The maximum Gasteiger partial charge on any atom is 0.311 e. The Morgan fingerprint density at radius 3 is 2.96 bits per heavy atom. The van der Waals surface area contributed by atoms with E-state index in [0.29, 0.717) is 17.9 Å². The van der Waals surface area contributed by atoms with Crippen molar-refractivity contribution in [3.05, 3.63) is 46.6 Å². The van der Waals surface area contributed by atoms with E-state index in [1.165, 1.54) is 6.07 Å². The van der Waals surface area contributed by atoms with Crippen LogP contribution in [0.5, 0.6) is 0 Å². The number of aliphatic hydroxyl groups is 1. The maximum absolute atomic E-state index is 11.3. The summed E-state index contributed by atoms with van der Waals surface area (Å²) in [5.41, 5.74) is 1.36. The van der Waals surface area contributed by atoms with Crippen LogP contribution in [0.2, 0.25) is 0 Å². The van der Waals surface area contributed by atoms with Gasteiger partial charge in [0.2, 0.25) is 5.82 Å². The highest BCUT2D eigenvalue weighted by Gasteiger charge is 2.17. The highest BCUT2D eigenvalue weighted by molar-refractivity contribution is 5.83. The molecule has 0 radical (unpaired) electrons. The quantitative estimate of drug-likeness (QED) is 0.384. The van der Waals surface area contributed by atoms with Crippen molar-refractivity contribution in [1.29, 1.82) is 0 Å². The van der Waals surface area contributed by atoms with E-state index in [1.807, 2.05) is 19.1 Å². The highest BCUT2D eigenvalue weighted by Crippen LogP contribution is 2.28. The number of benzene rings is 1. The molecule has 1 aromatic carbocycles. The summed E-state index contributed by atoms with van der Waals surface area (Å²) in [6.45, 7) is 1.95. The van der Waals surface area contributed by atoms with E-state index in [4.69, 9.17) is 5.11 Å². The van der Waals surface area contributed by atoms with E-state index in [9.17, 15) is 10.1 Å². The van der Waals surface area contributed by atoms with E-state index in [1.54, 1.807) is 18.3 Å². The van der Waals surface area contributed by atoms with Gasteiger partial charge in [0.15, 0.2) is 0 Å². The molecule has 0 spiro atoms. The summed E-state index contributed by atoms with van der Waals surface area (Å²) < 4.78 is 0. The Balaban J connectivity index is 1.89. The number of pyridine rings is 1. The molecule has 1 atom stereocenters. The van der Waals surface area contributed by atoms with Gasteiger partial charge >= 0.3 is 5.69 Å². The van der Waals surface area contributed by atoms with E-state index in [-0.39, 0.29) is 24.2 Å². The Bertz CT molecular complexity index is 894. The number of nitro groups is 1. The molecule has 1 unspecified atom stereocenters. The third-order valence-electron chi connectivity index (χ3n) is 3.73. The maximum atomic E-state index is 11.3. The van der Waals surface area contributed by atoms with Crippen molar-refractivity contribution >= 4 is 33.9 Å². The van der Waals surface area contributed by atoms with Gasteiger partial charge in [0.1, 0.15) is 5.82 Å². The topological polar surface area (TPSA) is 129 Å². The van der Waals surface area contributed by atoms with Crippen LogP contribution in [0.1, 0.15) is 13.3 Å². The zero-order valence-corrected chi connectivity index (χ0v) is 13.6. The molecule has 130 valence electrons. The molecule has 0 aliphatic rings. The normalized spacial score (nSPS) is 12.1. The molecule has 4 N–H and O–H groups in total. The lowest BCUT2D eigenvalue weighted by atomic mass is 10.2. The van der Waals surface area contributed by atoms with Gasteiger partial charge < -0.3 is 15.7 Å². The fraction of sp³-hybridized carbons (Fsp3) is 0.250. The lowest BCUT2D eigenvalue weighted by molar-refractivity contribution is -0.384. The van der Waals surface area contributed by atoms with Gasteiger partial charge in [0, 0.05) is 29.8 Å². The third-order valence-corrected chi connectivity index (χ3v) is 3.73. The van der Waals surface area contributed by atoms with Gasteiger partial charge in [-0.25, -0.2) is 4.98 Å². The molecule has 0 fully saturated rings. The van der Waals surface area contributed by atoms with Crippen molar-refractivity contribution in [1.82, 2.24) is 15.2 Å². The van der Waals surface area contributed by atoms with Gasteiger partial charge in [-0.15, -0.1) is 0 Å². The van der Waals surface area contributed by atoms with Crippen LogP contribution in [0.25, 0.3) is 10.9 Å². The summed E-state index contributed by atoms with van der Waals surface area (Å²) in [5.74, 6) is 0.640. The average Bonchev–Trinajstić information content (AvgIpc) is 3.02. The molecule has 9 heteroatoms. The summed E-state index contributed by atoms with van der Waals surface area (Å²) in [4.78, 5) is 15.1. The van der Waals surface area contributed by atoms with Crippen LogP contribution >= 0.6 is 0 Å². The van der Waals surface area contributed by atoms with Crippen molar-refractivity contribution in [2.45, 2.75) is 19.4 Å². The molecule has 2 aromatic heterocycles. The van der Waals surface area contributed by atoms with Crippen LogP contribution in [0.15, 0.2) is 36.5 Å². The van der Waals surface area contributed by atoms with Gasteiger partial charge in [0.25, 0.3) is 0 Å². The first-order valence-electron chi connectivity index (χ1n) is 7.80. The predicted octanol–water partition coefficient (Wildman–Crippen LogP) is 2.79.